The second kappa shape index (κ2) is 7.88. The maximum Gasteiger partial charge on any atom is 0.410 e. The van der Waals surface area contributed by atoms with E-state index in [4.69, 9.17) is 9.47 Å². The third-order valence-corrected chi connectivity index (χ3v) is 4.90. The van der Waals surface area contributed by atoms with Gasteiger partial charge in [0.25, 0.3) is 0 Å². The largest absolute Gasteiger partial charge is 0.491 e. The van der Waals surface area contributed by atoms with Crippen LogP contribution in [0.3, 0.4) is 0 Å². The molecule has 1 amide bonds. The van der Waals surface area contributed by atoms with Gasteiger partial charge < -0.3 is 14.4 Å². The van der Waals surface area contributed by atoms with E-state index in [2.05, 4.69) is 31.9 Å². The number of carbonyl (C=O) groups is 1. The average molecular weight is 449 g/mol. The number of piperidine rings is 1. The molecule has 1 saturated heterocycles. The number of halogens is 2. The summed E-state index contributed by atoms with van der Waals surface area (Å²) in [6, 6.07) is 5.89. The van der Waals surface area contributed by atoms with Gasteiger partial charge in [0, 0.05) is 13.1 Å². The molecule has 1 aromatic rings. The summed E-state index contributed by atoms with van der Waals surface area (Å²) in [5.41, 5.74) is -0.442. The van der Waals surface area contributed by atoms with Gasteiger partial charge in [-0.15, -0.1) is 0 Å². The molecule has 1 heterocycles. The minimum Gasteiger partial charge on any atom is -0.491 e. The first kappa shape index (κ1) is 18.6. The van der Waals surface area contributed by atoms with Crippen LogP contribution in [0.1, 0.15) is 33.6 Å². The van der Waals surface area contributed by atoms with E-state index in [9.17, 15) is 4.79 Å². The lowest BCUT2D eigenvalue weighted by Crippen LogP contribution is -2.42. The van der Waals surface area contributed by atoms with Crippen LogP contribution in [0.5, 0.6) is 5.75 Å². The summed E-state index contributed by atoms with van der Waals surface area (Å²) in [6.45, 7) is 7.77. The van der Waals surface area contributed by atoms with Crippen LogP contribution in [0.4, 0.5) is 4.79 Å². The number of likely N-dealkylation sites (tertiary alicyclic amines) is 1. The quantitative estimate of drug-likeness (QED) is 0.634. The van der Waals surface area contributed by atoms with E-state index in [1.165, 1.54) is 0 Å². The first-order chi connectivity index (χ1) is 10.8. The van der Waals surface area contributed by atoms with Crippen molar-refractivity contribution in [2.24, 2.45) is 5.92 Å². The molecule has 1 aliphatic heterocycles. The lowest BCUT2D eigenvalue weighted by atomic mass is 9.98. The Morgan fingerprint density at radius 1 is 1.22 bits per heavy atom. The topological polar surface area (TPSA) is 38.8 Å². The fraction of sp³-hybridized carbons (Fsp3) is 0.588. The molecule has 1 aliphatic rings. The van der Waals surface area contributed by atoms with Crippen molar-refractivity contribution in [2.45, 2.75) is 39.2 Å². The molecule has 23 heavy (non-hydrogen) atoms. The first-order valence-corrected chi connectivity index (χ1v) is 9.39. The molecule has 2 rings (SSSR count). The van der Waals surface area contributed by atoms with Gasteiger partial charge in [-0.2, -0.15) is 0 Å². The minimum absolute atomic E-state index is 0.217. The van der Waals surface area contributed by atoms with Gasteiger partial charge in [-0.1, -0.05) is 6.07 Å². The number of benzene rings is 1. The molecule has 4 nitrogen and oxygen atoms in total. The van der Waals surface area contributed by atoms with E-state index in [1.54, 1.807) is 4.90 Å². The lowest BCUT2D eigenvalue weighted by molar-refractivity contribution is 0.0164. The first-order valence-electron chi connectivity index (χ1n) is 7.81. The fourth-order valence-corrected chi connectivity index (χ4v) is 3.66. The van der Waals surface area contributed by atoms with Gasteiger partial charge in [0.05, 0.1) is 15.6 Å². The Kier molecular flexibility index (Phi) is 6.37. The van der Waals surface area contributed by atoms with Crippen LogP contribution >= 0.6 is 31.9 Å². The number of carbonyl (C=O) groups excluding carboxylic acids is 1. The highest BCUT2D eigenvalue weighted by atomic mass is 79.9. The van der Waals surface area contributed by atoms with Crippen molar-refractivity contribution in [3.8, 4) is 5.75 Å². The summed E-state index contributed by atoms with van der Waals surface area (Å²) in [5.74, 6) is 1.29. The molecule has 0 aromatic heterocycles. The smallest absolute Gasteiger partial charge is 0.410 e. The average Bonchev–Trinajstić information content (AvgIpc) is 2.45. The molecule has 6 heteroatoms. The summed E-state index contributed by atoms with van der Waals surface area (Å²) in [7, 11) is 0. The molecule has 0 N–H and O–H groups in total. The van der Waals surface area contributed by atoms with Crippen molar-refractivity contribution in [1.82, 2.24) is 4.90 Å². The monoisotopic (exact) mass is 447 g/mol. The van der Waals surface area contributed by atoms with E-state index >= 15 is 0 Å². The maximum absolute atomic E-state index is 12.0. The molecule has 0 spiro atoms. The van der Waals surface area contributed by atoms with Gasteiger partial charge in [0.15, 0.2) is 0 Å². The van der Waals surface area contributed by atoms with Gasteiger partial charge in [-0.05, 0) is 83.5 Å². The Hall–Kier alpha value is -0.750. The number of amides is 1. The van der Waals surface area contributed by atoms with Crippen LogP contribution in [-0.4, -0.2) is 36.3 Å². The van der Waals surface area contributed by atoms with Crippen LogP contribution in [0.25, 0.3) is 0 Å². The molecule has 0 radical (unpaired) electrons. The summed E-state index contributed by atoms with van der Waals surface area (Å²) < 4.78 is 13.3. The zero-order valence-corrected chi connectivity index (χ0v) is 16.9. The van der Waals surface area contributed by atoms with Crippen LogP contribution in [0, 0.1) is 5.92 Å². The summed E-state index contributed by atoms with van der Waals surface area (Å²) in [5, 5.41) is 0. The van der Waals surface area contributed by atoms with Gasteiger partial charge in [-0.25, -0.2) is 4.79 Å². The maximum atomic E-state index is 12.0. The standard InChI is InChI=1S/C17H23Br2NO3/c1-17(2,3)23-16(21)20-9-7-12(8-10-20)11-22-15-13(18)5-4-6-14(15)19/h4-6,12H,7-11H2,1-3H3. The van der Waals surface area contributed by atoms with E-state index in [0.29, 0.717) is 12.5 Å². The molecule has 0 bridgehead atoms. The number of ether oxygens (including phenoxy) is 2. The van der Waals surface area contributed by atoms with Gasteiger partial charge >= 0.3 is 6.09 Å². The van der Waals surface area contributed by atoms with Gasteiger partial charge in [-0.3, -0.25) is 0 Å². The third kappa shape index (κ3) is 5.68. The third-order valence-electron chi connectivity index (χ3n) is 3.65. The fourth-order valence-electron chi connectivity index (χ4n) is 2.43. The zero-order chi connectivity index (χ0) is 17.0. The number of hydrogen-bond acceptors (Lipinski definition) is 3. The Bertz CT molecular complexity index is 529. The van der Waals surface area contributed by atoms with Crippen molar-refractivity contribution in [2.75, 3.05) is 19.7 Å². The molecule has 1 aromatic carbocycles. The Balaban J connectivity index is 1.80. The van der Waals surface area contributed by atoms with Crippen molar-refractivity contribution in [1.29, 1.82) is 0 Å². The SMILES string of the molecule is CC(C)(C)OC(=O)N1CCC(COc2c(Br)cccc2Br)CC1. The molecule has 1 fully saturated rings. The molecular weight excluding hydrogens is 426 g/mol. The van der Waals surface area contributed by atoms with Crippen LogP contribution in [0.15, 0.2) is 27.1 Å². The Morgan fingerprint density at radius 2 is 1.78 bits per heavy atom. The Morgan fingerprint density at radius 3 is 2.30 bits per heavy atom. The van der Waals surface area contributed by atoms with Crippen LogP contribution in [-0.2, 0) is 4.74 Å². The molecule has 0 unspecified atom stereocenters. The highest BCUT2D eigenvalue weighted by Crippen LogP contribution is 2.33. The summed E-state index contributed by atoms with van der Waals surface area (Å²) in [4.78, 5) is 13.8. The highest BCUT2D eigenvalue weighted by molar-refractivity contribution is 9.11. The van der Waals surface area contributed by atoms with Crippen molar-refractivity contribution in [3.05, 3.63) is 27.1 Å². The number of rotatable bonds is 3. The van der Waals surface area contributed by atoms with Crippen LogP contribution in [0.2, 0.25) is 0 Å². The molecule has 0 saturated carbocycles. The van der Waals surface area contributed by atoms with Crippen molar-refractivity contribution < 1.29 is 14.3 Å². The molecule has 0 aliphatic carbocycles. The normalized spacial score (nSPS) is 16.3. The van der Waals surface area contributed by atoms with E-state index in [0.717, 1.165) is 40.6 Å². The second-order valence-electron chi connectivity index (χ2n) is 6.77. The van der Waals surface area contributed by atoms with E-state index < -0.39 is 5.60 Å². The van der Waals surface area contributed by atoms with Crippen molar-refractivity contribution >= 4 is 38.0 Å². The summed E-state index contributed by atoms with van der Waals surface area (Å²) >= 11 is 7.01. The Labute approximate surface area is 154 Å². The van der Waals surface area contributed by atoms with E-state index in [1.807, 2.05) is 39.0 Å². The highest BCUT2D eigenvalue weighted by Gasteiger charge is 2.27. The predicted molar refractivity (Wildman–Crippen MR) is 97.9 cm³/mol. The zero-order valence-electron chi connectivity index (χ0n) is 13.8. The van der Waals surface area contributed by atoms with Gasteiger partial charge in [0.2, 0.25) is 0 Å². The lowest BCUT2D eigenvalue weighted by Gasteiger charge is -2.33. The second-order valence-corrected chi connectivity index (χ2v) is 8.48. The van der Waals surface area contributed by atoms with Crippen molar-refractivity contribution in [3.63, 3.8) is 0 Å². The number of hydrogen-bond donors (Lipinski definition) is 0. The van der Waals surface area contributed by atoms with E-state index in [-0.39, 0.29) is 6.09 Å². The number of para-hydroxylation sites is 1. The molecule has 0 atom stereocenters. The predicted octanol–water partition coefficient (Wildman–Crippen LogP) is 5.24. The number of nitrogens with zero attached hydrogens (tertiary/aromatic N) is 1. The molecular formula is C17H23Br2NO3. The summed E-state index contributed by atoms with van der Waals surface area (Å²) in [6.07, 6.45) is 1.65. The minimum atomic E-state index is -0.442. The molecule has 128 valence electrons. The van der Waals surface area contributed by atoms with Gasteiger partial charge in [0.1, 0.15) is 11.4 Å². The van der Waals surface area contributed by atoms with Crippen LogP contribution < -0.4 is 4.74 Å².